The molecule has 0 bridgehead atoms. The Morgan fingerprint density at radius 1 is 1.11 bits per heavy atom. The van der Waals surface area contributed by atoms with Crippen molar-refractivity contribution in [3.8, 4) is 11.1 Å². The summed E-state index contributed by atoms with van der Waals surface area (Å²) < 4.78 is 6.64. The molecule has 7 heteroatoms. The van der Waals surface area contributed by atoms with Gasteiger partial charge < -0.3 is 14.3 Å². The van der Waals surface area contributed by atoms with Gasteiger partial charge in [0, 0.05) is 35.6 Å². The highest BCUT2D eigenvalue weighted by Gasteiger charge is 2.15. The summed E-state index contributed by atoms with van der Waals surface area (Å²) in [5.41, 5.74) is 4.32. The fourth-order valence-electron chi connectivity index (χ4n) is 3.17. The Morgan fingerprint density at radius 2 is 1.93 bits per heavy atom. The predicted octanol–water partition coefficient (Wildman–Crippen LogP) is 3.46. The van der Waals surface area contributed by atoms with Crippen molar-refractivity contribution in [2.24, 2.45) is 7.05 Å². The van der Waals surface area contributed by atoms with Gasteiger partial charge in [0.25, 0.3) is 11.4 Å². The molecule has 0 saturated heterocycles. The molecule has 0 radical (unpaired) electrons. The number of anilines is 1. The molecular formula is C21H18N4O3. The van der Waals surface area contributed by atoms with Crippen molar-refractivity contribution in [3.05, 3.63) is 76.5 Å². The maximum absolute atomic E-state index is 13.0. The molecular weight excluding hydrogens is 356 g/mol. The molecule has 1 amide bonds. The standard InChI is InChI=1S/C21H18N4O3/c1-12-4-5-15(24-19(26)20-22-6-7-28-20)10-16(12)17-9-14-11-23-13(2)8-18(14)25(3)21(17)27/h4-11H,1-3H3,(H,24,26). The highest BCUT2D eigenvalue weighted by molar-refractivity contribution is 6.01. The highest BCUT2D eigenvalue weighted by atomic mass is 16.3. The van der Waals surface area contributed by atoms with Gasteiger partial charge in [-0.1, -0.05) is 6.07 Å². The number of hydrogen-bond acceptors (Lipinski definition) is 5. The Hall–Kier alpha value is -3.74. The van der Waals surface area contributed by atoms with E-state index in [9.17, 15) is 9.59 Å². The Balaban J connectivity index is 1.81. The number of nitrogens with one attached hydrogen (secondary N) is 1. The topological polar surface area (TPSA) is 90.0 Å². The molecule has 0 saturated carbocycles. The summed E-state index contributed by atoms with van der Waals surface area (Å²) in [4.78, 5) is 33.4. The van der Waals surface area contributed by atoms with Crippen molar-refractivity contribution >= 4 is 22.5 Å². The molecule has 4 aromatic rings. The van der Waals surface area contributed by atoms with Crippen LogP contribution in [-0.2, 0) is 7.05 Å². The third-order valence-corrected chi connectivity index (χ3v) is 4.66. The second kappa shape index (κ2) is 6.77. The first-order valence-corrected chi connectivity index (χ1v) is 8.72. The molecule has 0 aliphatic carbocycles. The van der Waals surface area contributed by atoms with Crippen LogP contribution in [0.5, 0.6) is 0 Å². The number of oxazole rings is 1. The number of benzene rings is 1. The van der Waals surface area contributed by atoms with Crippen molar-refractivity contribution in [3.63, 3.8) is 0 Å². The van der Waals surface area contributed by atoms with Gasteiger partial charge in [-0.05, 0) is 49.2 Å². The molecule has 0 atom stereocenters. The molecule has 1 N–H and O–H groups in total. The highest BCUT2D eigenvalue weighted by Crippen LogP contribution is 2.27. The summed E-state index contributed by atoms with van der Waals surface area (Å²) in [6.45, 7) is 3.81. The zero-order chi connectivity index (χ0) is 19.8. The van der Waals surface area contributed by atoms with E-state index in [1.165, 1.54) is 12.5 Å². The lowest BCUT2D eigenvalue weighted by molar-refractivity contribution is 0.0990. The monoisotopic (exact) mass is 374 g/mol. The molecule has 4 rings (SSSR count). The molecule has 140 valence electrons. The van der Waals surface area contributed by atoms with Crippen LogP contribution < -0.4 is 10.9 Å². The summed E-state index contributed by atoms with van der Waals surface area (Å²) in [6.07, 6.45) is 4.51. The number of fused-ring (bicyclic) bond motifs is 1. The van der Waals surface area contributed by atoms with Crippen LogP contribution in [0, 0.1) is 13.8 Å². The molecule has 7 nitrogen and oxygen atoms in total. The van der Waals surface area contributed by atoms with Crippen LogP contribution in [0.1, 0.15) is 21.9 Å². The van der Waals surface area contributed by atoms with Gasteiger partial charge in [-0.25, -0.2) is 4.98 Å². The number of carbonyl (C=O) groups excluding carboxylic acids is 1. The molecule has 0 aliphatic heterocycles. The Bertz CT molecular complexity index is 1260. The van der Waals surface area contributed by atoms with Crippen LogP contribution in [0.15, 0.2) is 58.2 Å². The smallest absolute Gasteiger partial charge is 0.311 e. The van der Waals surface area contributed by atoms with E-state index in [4.69, 9.17) is 4.42 Å². The second-order valence-electron chi connectivity index (χ2n) is 6.63. The maximum atomic E-state index is 13.0. The number of rotatable bonds is 3. The van der Waals surface area contributed by atoms with Crippen molar-refractivity contribution in [1.82, 2.24) is 14.5 Å². The van der Waals surface area contributed by atoms with Gasteiger partial charge in [-0.3, -0.25) is 14.6 Å². The average Bonchev–Trinajstić information content (AvgIpc) is 3.22. The average molecular weight is 374 g/mol. The summed E-state index contributed by atoms with van der Waals surface area (Å²) in [7, 11) is 1.75. The first-order chi connectivity index (χ1) is 13.4. The summed E-state index contributed by atoms with van der Waals surface area (Å²) >= 11 is 0. The molecule has 0 unspecified atom stereocenters. The molecule has 3 heterocycles. The van der Waals surface area contributed by atoms with Crippen LogP contribution in [0.3, 0.4) is 0 Å². The lowest BCUT2D eigenvalue weighted by Crippen LogP contribution is -2.19. The van der Waals surface area contributed by atoms with Gasteiger partial charge in [0.05, 0.1) is 11.7 Å². The SMILES string of the molecule is Cc1cc2c(cn1)cc(-c1cc(NC(=O)c3ncco3)ccc1C)c(=O)n2C. The summed E-state index contributed by atoms with van der Waals surface area (Å²) in [5.74, 6) is -0.476. The van der Waals surface area contributed by atoms with Gasteiger partial charge >= 0.3 is 5.91 Å². The van der Waals surface area contributed by atoms with Crippen LogP contribution in [0.4, 0.5) is 5.69 Å². The number of hydrogen-bond donors (Lipinski definition) is 1. The van der Waals surface area contributed by atoms with Crippen LogP contribution in [-0.4, -0.2) is 20.4 Å². The normalized spacial score (nSPS) is 11.0. The number of pyridine rings is 2. The van der Waals surface area contributed by atoms with Crippen LogP contribution in [0.25, 0.3) is 22.0 Å². The van der Waals surface area contributed by atoms with Gasteiger partial charge in [0.1, 0.15) is 6.26 Å². The number of amides is 1. The van der Waals surface area contributed by atoms with Gasteiger partial charge in [0.15, 0.2) is 0 Å². The number of aromatic nitrogens is 3. The molecule has 1 aromatic carbocycles. The van der Waals surface area contributed by atoms with E-state index in [-0.39, 0.29) is 11.4 Å². The number of nitrogens with zero attached hydrogens (tertiary/aromatic N) is 3. The number of carbonyl (C=O) groups is 1. The van der Waals surface area contributed by atoms with Crippen LogP contribution in [0.2, 0.25) is 0 Å². The van der Waals surface area contributed by atoms with E-state index in [0.717, 1.165) is 27.7 Å². The van der Waals surface area contributed by atoms with Crippen molar-refractivity contribution in [1.29, 1.82) is 0 Å². The van der Waals surface area contributed by atoms with E-state index in [1.54, 1.807) is 29.9 Å². The fourth-order valence-corrected chi connectivity index (χ4v) is 3.17. The minimum Gasteiger partial charge on any atom is -0.441 e. The van der Waals surface area contributed by atoms with Gasteiger partial charge in [0.2, 0.25) is 0 Å². The zero-order valence-electron chi connectivity index (χ0n) is 15.7. The summed E-state index contributed by atoms with van der Waals surface area (Å²) in [5, 5.41) is 3.62. The minimum atomic E-state index is -0.453. The maximum Gasteiger partial charge on any atom is 0.311 e. The molecule has 0 spiro atoms. The first kappa shape index (κ1) is 17.7. The molecule has 3 aromatic heterocycles. The van der Waals surface area contributed by atoms with Gasteiger partial charge in [-0.15, -0.1) is 0 Å². The van der Waals surface area contributed by atoms with Gasteiger partial charge in [-0.2, -0.15) is 0 Å². The van der Waals surface area contributed by atoms with Crippen molar-refractivity contribution in [2.75, 3.05) is 5.32 Å². The van der Waals surface area contributed by atoms with E-state index < -0.39 is 5.91 Å². The Kier molecular flexibility index (Phi) is 4.27. The van der Waals surface area contributed by atoms with Crippen molar-refractivity contribution in [2.45, 2.75) is 13.8 Å². The Labute approximate surface area is 160 Å². The Morgan fingerprint density at radius 3 is 2.68 bits per heavy atom. The third-order valence-electron chi connectivity index (χ3n) is 4.66. The van der Waals surface area contributed by atoms with E-state index in [0.29, 0.717) is 11.3 Å². The third kappa shape index (κ3) is 3.07. The first-order valence-electron chi connectivity index (χ1n) is 8.72. The minimum absolute atomic E-state index is 0.0230. The van der Waals surface area contributed by atoms with E-state index in [1.807, 2.05) is 32.0 Å². The lowest BCUT2D eigenvalue weighted by Gasteiger charge is -2.13. The number of aryl methyl sites for hydroxylation is 3. The van der Waals surface area contributed by atoms with E-state index >= 15 is 0 Å². The molecule has 0 fully saturated rings. The largest absolute Gasteiger partial charge is 0.441 e. The molecule has 28 heavy (non-hydrogen) atoms. The van der Waals surface area contributed by atoms with E-state index in [2.05, 4.69) is 15.3 Å². The predicted molar refractivity (Wildman–Crippen MR) is 106 cm³/mol. The van der Waals surface area contributed by atoms with Crippen LogP contribution >= 0.6 is 0 Å². The fraction of sp³-hybridized carbons (Fsp3) is 0.143. The molecule has 0 aliphatic rings. The second-order valence-corrected chi connectivity index (χ2v) is 6.63. The summed E-state index contributed by atoms with van der Waals surface area (Å²) in [6, 6.07) is 9.14. The quantitative estimate of drug-likeness (QED) is 0.593. The van der Waals surface area contributed by atoms with Crippen molar-refractivity contribution < 1.29 is 9.21 Å². The lowest BCUT2D eigenvalue weighted by atomic mass is 9.99. The zero-order valence-corrected chi connectivity index (χ0v) is 15.7.